The molecule has 0 saturated heterocycles. The highest BCUT2D eigenvalue weighted by atomic mass is 19.1. The van der Waals surface area contributed by atoms with E-state index in [0.29, 0.717) is 11.4 Å². The Hall–Kier alpha value is -1.77. The van der Waals surface area contributed by atoms with Gasteiger partial charge in [-0.2, -0.15) is 4.39 Å². The summed E-state index contributed by atoms with van der Waals surface area (Å²) in [6.07, 6.45) is 19.2. The summed E-state index contributed by atoms with van der Waals surface area (Å²) in [5.41, 5.74) is 2.73. The van der Waals surface area contributed by atoms with Crippen molar-refractivity contribution >= 4 is 0 Å². The Morgan fingerprint density at radius 2 is 1.48 bits per heavy atom. The third-order valence-corrected chi connectivity index (χ3v) is 7.07. The van der Waals surface area contributed by atoms with E-state index >= 15 is 0 Å². The van der Waals surface area contributed by atoms with Crippen LogP contribution < -0.4 is 0 Å². The van der Waals surface area contributed by atoms with Gasteiger partial charge in [0, 0.05) is 12.6 Å². The molecule has 2 nitrogen and oxygen atoms in total. The lowest BCUT2D eigenvalue weighted by Gasteiger charge is -2.28. The molecule has 1 aliphatic rings. The molecule has 0 atom stereocenters. The van der Waals surface area contributed by atoms with E-state index in [1.54, 1.807) is 6.20 Å². The van der Waals surface area contributed by atoms with Crippen LogP contribution in [0.1, 0.15) is 102 Å². The predicted octanol–water partition coefficient (Wildman–Crippen LogP) is 8.33. The normalized spacial score (nSPS) is 18.9. The fraction of sp³-hybridized carbons (Fsp3) is 0.643. The lowest BCUT2D eigenvalue weighted by molar-refractivity contribution is 0.252. The maximum Gasteiger partial charge on any atom is 0.224 e. The quantitative estimate of drug-likeness (QED) is 0.253. The van der Waals surface area contributed by atoms with Crippen LogP contribution in [0.15, 0.2) is 30.5 Å². The fourth-order valence-electron chi connectivity index (χ4n) is 5.03. The number of rotatable bonds is 12. The molecule has 2 aromatic rings. The Kier molecular flexibility index (Phi) is 9.96. The van der Waals surface area contributed by atoms with Gasteiger partial charge in [0.25, 0.3) is 0 Å². The molecular formula is C28H41FN2. The molecule has 0 aliphatic heterocycles. The summed E-state index contributed by atoms with van der Waals surface area (Å²) in [7, 11) is 0. The summed E-state index contributed by atoms with van der Waals surface area (Å²) in [6, 6.07) is 8.36. The van der Waals surface area contributed by atoms with Crippen LogP contribution in [0.25, 0.3) is 11.1 Å². The summed E-state index contributed by atoms with van der Waals surface area (Å²) in [5, 5.41) is 0. The van der Waals surface area contributed by atoms with Gasteiger partial charge in [-0.3, -0.25) is 0 Å². The van der Waals surface area contributed by atoms with Gasteiger partial charge < -0.3 is 0 Å². The average Bonchev–Trinajstić information content (AvgIpc) is 2.79. The monoisotopic (exact) mass is 424 g/mol. The van der Waals surface area contributed by atoms with Crippen molar-refractivity contribution in [1.29, 1.82) is 0 Å². The summed E-state index contributed by atoms with van der Waals surface area (Å²) in [5.74, 6) is 2.09. The minimum atomic E-state index is -0.393. The zero-order valence-electron chi connectivity index (χ0n) is 19.7. The second kappa shape index (κ2) is 12.9. The van der Waals surface area contributed by atoms with E-state index in [4.69, 9.17) is 0 Å². The van der Waals surface area contributed by atoms with Gasteiger partial charge >= 0.3 is 0 Å². The van der Waals surface area contributed by atoms with E-state index in [1.165, 1.54) is 76.2 Å². The van der Waals surface area contributed by atoms with Gasteiger partial charge in [0.05, 0.1) is 5.56 Å². The fourth-order valence-corrected chi connectivity index (χ4v) is 5.03. The number of hydrogen-bond donors (Lipinski definition) is 0. The molecule has 31 heavy (non-hydrogen) atoms. The minimum absolute atomic E-state index is 0.393. The molecule has 3 heteroatoms. The van der Waals surface area contributed by atoms with Crippen LogP contribution in [0.3, 0.4) is 0 Å². The van der Waals surface area contributed by atoms with Gasteiger partial charge in [0.15, 0.2) is 0 Å². The zero-order valence-corrected chi connectivity index (χ0v) is 19.7. The van der Waals surface area contributed by atoms with Gasteiger partial charge in [0.2, 0.25) is 5.95 Å². The van der Waals surface area contributed by atoms with E-state index in [1.807, 2.05) is 12.1 Å². The van der Waals surface area contributed by atoms with Crippen molar-refractivity contribution < 1.29 is 4.39 Å². The second-order valence-electron chi connectivity index (χ2n) is 9.57. The first kappa shape index (κ1) is 23.9. The van der Waals surface area contributed by atoms with Crippen LogP contribution >= 0.6 is 0 Å². The van der Waals surface area contributed by atoms with Crippen LogP contribution in [0.5, 0.6) is 0 Å². The Labute approximate surface area is 189 Å². The molecule has 170 valence electrons. The van der Waals surface area contributed by atoms with E-state index in [-0.39, 0.29) is 0 Å². The number of aryl methyl sites for hydroxylation is 2. The number of benzene rings is 1. The Balaban J connectivity index is 1.47. The first-order valence-electron chi connectivity index (χ1n) is 12.8. The molecule has 0 radical (unpaired) electrons. The Bertz CT molecular complexity index is 763. The summed E-state index contributed by atoms with van der Waals surface area (Å²) in [6.45, 7) is 4.51. The van der Waals surface area contributed by atoms with Crippen molar-refractivity contribution in [1.82, 2.24) is 9.97 Å². The van der Waals surface area contributed by atoms with E-state index in [2.05, 4.69) is 35.9 Å². The second-order valence-corrected chi connectivity index (χ2v) is 9.57. The highest BCUT2D eigenvalue weighted by Gasteiger charge is 2.20. The molecule has 3 rings (SSSR count). The molecule has 0 N–H and O–H groups in total. The summed E-state index contributed by atoms with van der Waals surface area (Å²) >= 11 is 0. The first-order chi connectivity index (χ1) is 15.2. The molecule has 1 aromatic carbocycles. The minimum Gasteiger partial charge on any atom is -0.241 e. The number of aromatic nitrogens is 2. The number of halogens is 1. The van der Waals surface area contributed by atoms with Crippen molar-refractivity contribution in [3.8, 4) is 11.1 Å². The summed E-state index contributed by atoms with van der Waals surface area (Å²) in [4.78, 5) is 8.55. The van der Waals surface area contributed by atoms with Gasteiger partial charge in [-0.15, -0.1) is 0 Å². The van der Waals surface area contributed by atoms with Crippen LogP contribution in [-0.4, -0.2) is 9.97 Å². The van der Waals surface area contributed by atoms with E-state index < -0.39 is 5.95 Å². The standard InChI is InChI=1S/C28H41FN2/c1-3-5-6-7-8-10-27-30-21-26(28(29)31-27)25-19-17-24(18-20-25)16-15-23-13-11-22(9-4-2)12-14-23/h17-23H,3-16H2,1-2H3/t22-,23-. The molecule has 1 heterocycles. The smallest absolute Gasteiger partial charge is 0.224 e. The first-order valence-corrected chi connectivity index (χ1v) is 12.8. The topological polar surface area (TPSA) is 25.8 Å². The van der Waals surface area contributed by atoms with Crippen molar-refractivity contribution in [3.05, 3.63) is 47.8 Å². The highest BCUT2D eigenvalue weighted by molar-refractivity contribution is 5.62. The molecule has 0 unspecified atom stereocenters. The zero-order chi connectivity index (χ0) is 21.9. The third kappa shape index (κ3) is 7.70. The van der Waals surface area contributed by atoms with Crippen molar-refractivity contribution in [2.75, 3.05) is 0 Å². The molecule has 0 amide bonds. The van der Waals surface area contributed by atoms with Crippen molar-refractivity contribution in [2.45, 2.75) is 104 Å². The molecule has 0 spiro atoms. The highest BCUT2D eigenvalue weighted by Crippen LogP contribution is 2.34. The van der Waals surface area contributed by atoms with Crippen LogP contribution in [0.2, 0.25) is 0 Å². The predicted molar refractivity (Wildman–Crippen MR) is 129 cm³/mol. The van der Waals surface area contributed by atoms with Gasteiger partial charge in [-0.05, 0) is 42.2 Å². The summed E-state index contributed by atoms with van der Waals surface area (Å²) < 4.78 is 14.6. The Morgan fingerprint density at radius 1 is 0.806 bits per heavy atom. The molecule has 1 saturated carbocycles. The number of unbranched alkanes of at least 4 members (excludes halogenated alkanes) is 4. The third-order valence-electron chi connectivity index (χ3n) is 7.07. The average molecular weight is 425 g/mol. The maximum absolute atomic E-state index is 14.6. The van der Waals surface area contributed by atoms with Crippen LogP contribution in [0.4, 0.5) is 4.39 Å². The van der Waals surface area contributed by atoms with Crippen LogP contribution in [0, 0.1) is 17.8 Å². The largest absolute Gasteiger partial charge is 0.241 e. The van der Waals surface area contributed by atoms with Crippen molar-refractivity contribution in [3.63, 3.8) is 0 Å². The molecular weight excluding hydrogens is 383 g/mol. The lowest BCUT2D eigenvalue weighted by Crippen LogP contribution is -2.15. The van der Waals surface area contributed by atoms with Crippen LogP contribution in [-0.2, 0) is 12.8 Å². The molecule has 0 bridgehead atoms. The van der Waals surface area contributed by atoms with E-state index in [9.17, 15) is 4.39 Å². The number of nitrogens with zero attached hydrogens (tertiary/aromatic N) is 2. The van der Waals surface area contributed by atoms with Gasteiger partial charge in [-0.25, -0.2) is 9.97 Å². The van der Waals surface area contributed by atoms with Crippen molar-refractivity contribution in [2.24, 2.45) is 11.8 Å². The number of hydrogen-bond acceptors (Lipinski definition) is 2. The molecule has 1 aliphatic carbocycles. The molecule has 1 fully saturated rings. The lowest BCUT2D eigenvalue weighted by atomic mass is 9.78. The SMILES string of the molecule is CCCCCCCc1ncc(-c2ccc(CC[C@H]3CC[C@H](CCC)CC3)cc2)c(F)n1. The van der Waals surface area contributed by atoms with E-state index in [0.717, 1.165) is 36.7 Å². The Morgan fingerprint density at radius 3 is 2.13 bits per heavy atom. The van der Waals surface area contributed by atoms with Gasteiger partial charge in [-0.1, -0.05) is 102 Å². The molecule has 1 aromatic heterocycles. The maximum atomic E-state index is 14.6. The van der Waals surface area contributed by atoms with Gasteiger partial charge in [0.1, 0.15) is 5.82 Å².